The molecule has 0 bridgehead atoms. The van der Waals surface area contributed by atoms with Crippen LogP contribution in [0.4, 0.5) is 0 Å². The Labute approximate surface area is 97.6 Å². The van der Waals surface area contributed by atoms with Crippen molar-refractivity contribution < 1.29 is 9.90 Å². The van der Waals surface area contributed by atoms with E-state index in [0.29, 0.717) is 0 Å². The second kappa shape index (κ2) is 6.21. The van der Waals surface area contributed by atoms with Gasteiger partial charge in [-0.1, -0.05) is 26.7 Å². The number of carbonyl (C=O) groups excluding carboxylic acids is 1. The molecule has 4 N–H and O–H groups in total. The Balaban J connectivity index is 2.48. The van der Waals surface area contributed by atoms with Gasteiger partial charge in [0.25, 0.3) is 0 Å². The molecule has 0 aromatic heterocycles. The number of aliphatic hydroxyl groups is 1. The van der Waals surface area contributed by atoms with Crippen LogP contribution in [0.1, 0.15) is 39.5 Å². The number of rotatable bonds is 4. The minimum atomic E-state index is -0.443. The molecule has 0 heterocycles. The van der Waals surface area contributed by atoms with Crippen molar-refractivity contribution in [3.8, 4) is 0 Å². The van der Waals surface area contributed by atoms with Crippen LogP contribution in [0, 0.1) is 11.8 Å². The van der Waals surface area contributed by atoms with Gasteiger partial charge in [0.15, 0.2) is 0 Å². The highest BCUT2D eigenvalue weighted by atomic mass is 16.3. The van der Waals surface area contributed by atoms with Crippen molar-refractivity contribution in [2.75, 3.05) is 6.61 Å². The van der Waals surface area contributed by atoms with E-state index in [2.05, 4.69) is 5.32 Å². The van der Waals surface area contributed by atoms with Crippen LogP contribution in [0.25, 0.3) is 0 Å². The molecule has 16 heavy (non-hydrogen) atoms. The summed E-state index contributed by atoms with van der Waals surface area (Å²) in [4.78, 5) is 11.8. The lowest BCUT2D eigenvalue weighted by atomic mass is 9.85. The molecule has 94 valence electrons. The molecule has 1 rings (SSSR count). The van der Waals surface area contributed by atoms with Gasteiger partial charge in [-0.2, -0.15) is 0 Å². The Hall–Kier alpha value is -0.610. The van der Waals surface area contributed by atoms with Crippen LogP contribution < -0.4 is 11.1 Å². The molecule has 1 aliphatic rings. The lowest BCUT2D eigenvalue weighted by molar-refractivity contribution is -0.124. The molecule has 0 spiro atoms. The van der Waals surface area contributed by atoms with Crippen LogP contribution in [0.2, 0.25) is 0 Å². The summed E-state index contributed by atoms with van der Waals surface area (Å²) in [5.74, 6) is 0.272. The van der Waals surface area contributed by atoms with Gasteiger partial charge in [-0.3, -0.25) is 4.79 Å². The molecule has 4 nitrogen and oxygen atoms in total. The van der Waals surface area contributed by atoms with E-state index in [0.717, 1.165) is 25.7 Å². The minimum Gasteiger partial charge on any atom is -0.396 e. The Morgan fingerprint density at radius 1 is 1.44 bits per heavy atom. The summed E-state index contributed by atoms with van der Waals surface area (Å²) in [6, 6.07) is -0.336. The van der Waals surface area contributed by atoms with Crippen LogP contribution in [0.3, 0.4) is 0 Å². The molecule has 1 aliphatic carbocycles. The quantitative estimate of drug-likeness (QED) is 0.661. The van der Waals surface area contributed by atoms with Crippen molar-refractivity contribution in [3.63, 3.8) is 0 Å². The molecular weight excluding hydrogens is 204 g/mol. The van der Waals surface area contributed by atoms with Crippen molar-refractivity contribution in [2.45, 2.75) is 51.6 Å². The third-order valence-electron chi connectivity index (χ3n) is 3.49. The first kappa shape index (κ1) is 13.5. The number of hydrogen-bond acceptors (Lipinski definition) is 3. The molecule has 2 unspecified atom stereocenters. The first-order valence-electron chi connectivity index (χ1n) is 6.23. The van der Waals surface area contributed by atoms with Crippen LogP contribution >= 0.6 is 0 Å². The molecule has 4 heteroatoms. The SMILES string of the molecule is CC(C)[C@@H](N)C(=O)NC1CCCCC1CO. The smallest absolute Gasteiger partial charge is 0.237 e. The highest BCUT2D eigenvalue weighted by Gasteiger charge is 2.28. The topological polar surface area (TPSA) is 75.4 Å². The number of nitrogens with one attached hydrogen (secondary N) is 1. The maximum Gasteiger partial charge on any atom is 0.237 e. The second-order valence-corrected chi connectivity index (χ2v) is 5.11. The minimum absolute atomic E-state index is 0.0830. The predicted octanol–water partition coefficient (Wildman–Crippen LogP) is 0.637. The Morgan fingerprint density at radius 3 is 2.62 bits per heavy atom. The van der Waals surface area contributed by atoms with Gasteiger partial charge in [-0.15, -0.1) is 0 Å². The summed E-state index contributed by atoms with van der Waals surface area (Å²) < 4.78 is 0. The molecule has 3 atom stereocenters. The summed E-state index contributed by atoms with van der Waals surface area (Å²) in [7, 11) is 0. The summed E-state index contributed by atoms with van der Waals surface area (Å²) >= 11 is 0. The maximum absolute atomic E-state index is 11.8. The van der Waals surface area contributed by atoms with Crippen molar-refractivity contribution in [2.24, 2.45) is 17.6 Å². The van der Waals surface area contributed by atoms with Crippen molar-refractivity contribution in [3.05, 3.63) is 0 Å². The fourth-order valence-corrected chi connectivity index (χ4v) is 2.20. The largest absolute Gasteiger partial charge is 0.396 e. The number of nitrogens with two attached hydrogens (primary N) is 1. The number of carbonyl (C=O) groups is 1. The molecule has 0 aromatic carbocycles. The van der Waals surface area contributed by atoms with Gasteiger partial charge >= 0.3 is 0 Å². The fourth-order valence-electron chi connectivity index (χ4n) is 2.20. The molecule has 1 amide bonds. The molecule has 0 radical (unpaired) electrons. The van der Waals surface area contributed by atoms with E-state index >= 15 is 0 Å². The Kier molecular flexibility index (Phi) is 5.22. The van der Waals surface area contributed by atoms with Gasteiger partial charge in [-0.05, 0) is 18.8 Å². The van der Waals surface area contributed by atoms with Crippen LogP contribution in [0.15, 0.2) is 0 Å². The Bertz CT molecular complexity index is 231. The molecule has 0 aliphatic heterocycles. The van der Waals surface area contributed by atoms with Gasteiger partial charge in [-0.25, -0.2) is 0 Å². The standard InChI is InChI=1S/C12H24N2O2/c1-8(2)11(13)12(16)14-10-6-4-3-5-9(10)7-15/h8-11,15H,3-7,13H2,1-2H3,(H,14,16)/t9?,10?,11-/m1/s1. The van der Waals surface area contributed by atoms with Crippen molar-refractivity contribution in [1.29, 1.82) is 0 Å². The monoisotopic (exact) mass is 228 g/mol. The van der Waals surface area contributed by atoms with E-state index in [4.69, 9.17) is 5.73 Å². The molecular formula is C12H24N2O2. The number of aliphatic hydroxyl groups excluding tert-OH is 1. The molecule has 0 aromatic rings. The molecule has 1 fully saturated rings. The van der Waals surface area contributed by atoms with E-state index in [9.17, 15) is 9.90 Å². The van der Waals surface area contributed by atoms with E-state index in [1.54, 1.807) is 0 Å². The van der Waals surface area contributed by atoms with E-state index in [1.807, 2.05) is 13.8 Å². The average molecular weight is 228 g/mol. The number of amides is 1. The summed E-state index contributed by atoms with van der Waals surface area (Å²) in [5.41, 5.74) is 5.79. The summed E-state index contributed by atoms with van der Waals surface area (Å²) in [5, 5.41) is 12.2. The highest BCUT2D eigenvalue weighted by Crippen LogP contribution is 2.24. The van der Waals surface area contributed by atoms with Gasteiger partial charge in [0, 0.05) is 18.6 Å². The second-order valence-electron chi connectivity index (χ2n) is 5.11. The zero-order valence-electron chi connectivity index (χ0n) is 10.3. The van der Waals surface area contributed by atoms with Crippen molar-refractivity contribution >= 4 is 5.91 Å². The zero-order valence-corrected chi connectivity index (χ0v) is 10.3. The van der Waals surface area contributed by atoms with Gasteiger partial charge in [0.2, 0.25) is 5.91 Å². The summed E-state index contributed by atoms with van der Waals surface area (Å²) in [6.45, 7) is 4.03. The number of hydrogen-bond donors (Lipinski definition) is 3. The van der Waals surface area contributed by atoms with Gasteiger partial charge < -0.3 is 16.2 Å². The van der Waals surface area contributed by atoms with E-state index in [1.165, 1.54) is 0 Å². The van der Waals surface area contributed by atoms with E-state index < -0.39 is 6.04 Å². The third-order valence-corrected chi connectivity index (χ3v) is 3.49. The maximum atomic E-state index is 11.8. The molecule has 1 saturated carbocycles. The first-order chi connectivity index (χ1) is 7.56. The van der Waals surface area contributed by atoms with Gasteiger partial charge in [0.05, 0.1) is 6.04 Å². The predicted molar refractivity (Wildman–Crippen MR) is 63.8 cm³/mol. The highest BCUT2D eigenvalue weighted by molar-refractivity contribution is 5.82. The van der Waals surface area contributed by atoms with Crippen LogP contribution in [-0.2, 0) is 4.79 Å². The average Bonchev–Trinajstić information content (AvgIpc) is 2.28. The van der Waals surface area contributed by atoms with E-state index in [-0.39, 0.29) is 30.4 Å². The third kappa shape index (κ3) is 3.46. The Morgan fingerprint density at radius 2 is 2.06 bits per heavy atom. The zero-order chi connectivity index (χ0) is 12.1. The lowest BCUT2D eigenvalue weighted by Gasteiger charge is -2.32. The van der Waals surface area contributed by atoms with Gasteiger partial charge in [0.1, 0.15) is 0 Å². The van der Waals surface area contributed by atoms with Crippen LogP contribution in [0.5, 0.6) is 0 Å². The summed E-state index contributed by atoms with van der Waals surface area (Å²) in [6.07, 6.45) is 4.23. The van der Waals surface area contributed by atoms with Crippen LogP contribution in [-0.4, -0.2) is 29.7 Å². The van der Waals surface area contributed by atoms with Crippen molar-refractivity contribution in [1.82, 2.24) is 5.32 Å². The molecule has 0 saturated heterocycles. The normalized spacial score (nSPS) is 27.8. The fraction of sp³-hybridized carbons (Fsp3) is 0.917. The first-order valence-corrected chi connectivity index (χ1v) is 6.23. The lowest BCUT2D eigenvalue weighted by Crippen LogP contribution is -2.51.